The number of aromatic nitrogens is 1. The summed E-state index contributed by atoms with van der Waals surface area (Å²) in [5.74, 6) is 1.54. The molecule has 1 fully saturated rings. The highest BCUT2D eigenvalue weighted by Crippen LogP contribution is 2.18. The van der Waals surface area contributed by atoms with E-state index in [4.69, 9.17) is 14.0 Å². The van der Waals surface area contributed by atoms with Crippen molar-refractivity contribution in [3.8, 4) is 5.75 Å². The van der Waals surface area contributed by atoms with E-state index in [1.807, 2.05) is 38.1 Å². The summed E-state index contributed by atoms with van der Waals surface area (Å²) in [6.45, 7) is 5.58. The van der Waals surface area contributed by atoms with Crippen LogP contribution >= 0.6 is 0 Å². The third-order valence-electron chi connectivity index (χ3n) is 4.40. The van der Waals surface area contributed by atoms with Gasteiger partial charge in [0.15, 0.2) is 0 Å². The maximum absolute atomic E-state index is 12.0. The number of hydrogen-bond donors (Lipinski definition) is 1. The van der Waals surface area contributed by atoms with E-state index < -0.39 is 0 Å². The molecule has 1 aliphatic rings. The van der Waals surface area contributed by atoms with E-state index in [0.29, 0.717) is 19.6 Å². The van der Waals surface area contributed by atoms with Gasteiger partial charge in [0, 0.05) is 13.2 Å². The fourth-order valence-electron chi connectivity index (χ4n) is 2.85. The highest BCUT2D eigenvalue weighted by molar-refractivity contribution is 5.78. The number of ether oxygens (including phenoxy) is 2. The molecule has 1 aromatic carbocycles. The minimum absolute atomic E-state index is 0.0138. The minimum Gasteiger partial charge on any atom is -0.489 e. The number of amides is 1. The van der Waals surface area contributed by atoms with E-state index in [1.165, 1.54) is 0 Å². The Labute approximate surface area is 147 Å². The summed E-state index contributed by atoms with van der Waals surface area (Å²) in [4.78, 5) is 12.0. The Balaban J connectivity index is 1.45. The summed E-state index contributed by atoms with van der Waals surface area (Å²) in [5, 5.41) is 6.84. The van der Waals surface area contributed by atoms with Gasteiger partial charge in [-0.15, -0.1) is 0 Å². The molecule has 6 heteroatoms. The van der Waals surface area contributed by atoms with Crippen molar-refractivity contribution in [1.82, 2.24) is 10.5 Å². The molecule has 1 aliphatic heterocycles. The molecule has 0 aliphatic carbocycles. The van der Waals surface area contributed by atoms with Gasteiger partial charge < -0.3 is 19.3 Å². The van der Waals surface area contributed by atoms with Gasteiger partial charge in [-0.2, -0.15) is 0 Å². The first-order valence-corrected chi connectivity index (χ1v) is 8.63. The van der Waals surface area contributed by atoms with E-state index in [-0.39, 0.29) is 12.0 Å². The second kappa shape index (κ2) is 8.16. The van der Waals surface area contributed by atoms with Crippen LogP contribution in [0.15, 0.2) is 28.8 Å². The van der Waals surface area contributed by atoms with Crippen molar-refractivity contribution in [2.75, 3.05) is 13.2 Å². The summed E-state index contributed by atoms with van der Waals surface area (Å²) >= 11 is 0. The van der Waals surface area contributed by atoms with Crippen LogP contribution < -0.4 is 10.1 Å². The van der Waals surface area contributed by atoms with E-state index in [0.717, 1.165) is 47.8 Å². The molecule has 1 atom stereocenters. The van der Waals surface area contributed by atoms with Crippen molar-refractivity contribution in [2.24, 2.45) is 0 Å². The molecule has 0 radical (unpaired) electrons. The molecule has 3 rings (SSSR count). The highest BCUT2D eigenvalue weighted by Gasteiger charge is 2.16. The summed E-state index contributed by atoms with van der Waals surface area (Å²) in [6.07, 6.45) is 2.63. The van der Waals surface area contributed by atoms with E-state index in [1.54, 1.807) is 0 Å². The normalized spacial score (nSPS) is 16.8. The molecule has 1 aromatic heterocycles. The average molecular weight is 344 g/mol. The quantitative estimate of drug-likeness (QED) is 0.836. The number of aryl methyl sites for hydroxylation is 2. The topological polar surface area (TPSA) is 73.6 Å². The Bertz CT molecular complexity index is 683. The third kappa shape index (κ3) is 4.82. The van der Waals surface area contributed by atoms with Gasteiger partial charge in [-0.3, -0.25) is 4.79 Å². The molecule has 1 saturated heterocycles. The molecule has 134 valence electrons. The van der Waals surface area contributed by atoms with E-state index in [9.17, 15) is 4.79 Å². The zero-order chi connectivity index (χ0) is 17.6. The SMILES string of the molecule is Cc1noc(C)c1COc1ccc(CC(=O)NC[C@H]2CCCO2)cc1. The van der Waals surface area contributed by atoms with Gasteiger partial charge in [-0.25, -0.2) is 0 Å². The molecule has 1 N–H and O–H groups in total. The largest absolute Gasteiger partial charge is 0.489 e. The summed E-state index contributed by atoms with van der Waals surface area (Å²) in [5.41, 5.74) is 2.77. The zero-order valence-corrected chi connectivity index (χ0v) is 14.7. The van der Waals surface area contributed by atoms with E-state index in [2.05, 4.69) is 10.5 Å². The lowest BCUT2D eigenvalue weighted by molar-refractivity contribution is -0.120. The Morgan fingerprint density at radius 1 is 1.32 bits per heavy atom. The van der Waals surface area contributed by atoms with Gasteiger partial charge in [0.2, 0.25) is 5.91 Å². The summed E-state index contributed by atoms with van der Waals surface area (Å²) < 4.78 is 16.4. The van der Waals surface area contributed by atoms with Gasteiger partial charge in [0.1, 0.15) is 18.1 Å². The Hall–Kier alpha value is -2.34. The number of carbonyl (C=O) groups excluding carboxylic acids is 1. The minimum atomic E-state index is 0.0138. The molecule has 6 nitrogen and oxygen atoms in total. The Morgan fingerprint density at radius 2 is 2.12 bits per heavy atom. The number of nitrogens with one attached hydrogen (secondary N) is 1. The second-order valence-corrected chi connectivity index (χ2v) is 6.35. The summed E-state index contributed by atoms with van der Waals surface area (Å²) in [6, 6.07) is 7.57. The summed E-state index contributed by atoms with van der Waals surface area (Å²) in [7, 11) is 0. The maximum atomic E-state index is 12.0. The lowest BCUT2D eigenvalue weighted by Crippen LogP contribution is -2.32. The van der Waals surface area contributed by atoms with Gasteiger partial charge >= 0.3 is 0 Å². The van der Waals surface area contributed by atoms with Crippen LogP contribution in [0.2, 0.25) is 0 Å². The van der Waals surface area contributed by atoms with Crippen molar-refractivity contribution < 1.29 is 18.8 Å². The van der Waals surface area contributed by atoms with Crippen LogP contribution in [0.4, 0.5) is 0 Å². The van der Waals surface area contributed by atoms with Crippen molar-refractivity contribution in [3.63, 3.8) is 0 Å². The molecule has 0 unspecified atom stereocenters. The average Bonchev–Trinajstić information content (AvgIpc) is 3.23. The molecule has 1 amide bonds. The molecule has 2 heterocycles. The van der Waals surface area contributed by atoms with Crippen molar-refractivity contribution in [1.29, 1.82) is 0 Å². The molecule has 0 saturated carbocycles. The van der Waals surface area contributed by atoms with Crippen molar-refractivity contribution in [2.45, 2.75) is 45.8 Å². The monoisotopic (exact) mass is 344 g/mol. The fraction of sp³-hybridized carbons (Fsp3) is 0.474. The molecule has 0 spiro atoms. The van der Waals surface area contributed by atoms with Gasteiger partial charge in [0.25, 0.3) is 0 Å². The third-order valence-corrected chi connectivity index (χ3v) is 4.40. The Kier molecular flexibility index (Phi) is 5.71. The van der Waals surface area contributed by atoms with Crippen LogP contribution in [0, 0.1) is 13.8 Å². The molecule has 25 heavy (non-hydrogen) atoms. The first-order chi connectivity index (χ1) is 12.1. The standard InChI is InChI=1S/C19H24N2O4/c1-13-18(14(2)25-21-13)12-24-16-7-5-15(6-8-16)10-19(22)20-11-17-4-3-9-23-17/h5-8,17H,3-4,9-12H2,1-2H3,(H,20,22)/t17-/m1/s1. The van der Waals surface area contributed by atoms with Crippen LogP contribution in [-0.2, 0) is 22.6 Å². The number of carbonyl (C=O) groups is 1. The lowest BCUT2D eigenvalue weighted by Gasteiger charge is -2.11. The maximum Gasteiger partial charge on any atom is 0.224 e. The molecule has 0 bridgehead atoms. The number of hydrogen-bond acceptors (Lipinski definition) is 5. The molecule has 2 aromatic rings. The van der Waals surface area contributed by atoms with Crippen LogP contribution in [-0.4, -0.2) is 30.3 Å². The first kappa shape index (κ1) is 17.5. The fourth-order valence-corrected chi connectivity index (χ4v) is 2.85. The van der Waals surface area contributed by atoms with Crippen LogP contribution in [0.3, 0.4) is 0 Å². The van der Waals surface area contributed by atoms with Gasteiger partial charge in [0.05, 0.1) is 23.8 Å². The highest BCUT2D eigenvalue weighted by atomic mass is 16.5. The van der Waals surface area contributed by atoms with Gasteiger partial charge in [-0.05, 0) is 44.4 Å². The number of nitrogens with zero attached hydrogens (tertiary/aromatic N) is 1. The van der Waals surface area contributed by atoms with Crippen molar-refractivity contribution >= 4 is 5.91 Å². The predicted octanol–water partition coefficient (Wildman–Crippen LogP) is 2.71. The lowest BCUT2D eigenvalue weighted by atomic mass is 10.1. The number of benzene rings is 1. The van der Waals surface area contributed by atoms with Crippen LogP contribution in [0.25, 0.3) is 0 Å². The van der Waals surface area contributed by atoms with Crippen LogP contribution in [0.5, 0.6) is 5.75 Å². The number of rotatable bonds is 7. The predicted molar refractivity (Wildman–Crippen MR) is 92.4 cm³/mol. The van der Waals surface area contributed by atoms with E-state index >= 15 is 0 Å². The van der Waals surface area contributed by atoms with Crippen molar-refractivity contribution in [3.05, 3.63) is 46.8 Å². The first-order valence-electron chi connectivity index (χ1n) is 8.63. The Morgan fingerprint density at radius 3 is 2.76 bits per heavy atom. The second-order valence-electron chi connectivity index (χ2n) is 6.35. The van der Waals surface area contributed by atoms with Gasteiger partial charge in [-0.1, -0.05) is 17.3 Å². The zero-order valence-electron chi connectivity index (χ0n) is 14.7. The molecular weight excluding hydrogens is 320 g/mol. The molecular formula is C19H24N2O4. The van der Waals surface area contributed by atoms with Crippen LogP contribution in [0.1, 0.15) is 35.4 Å². The smallest absolute Gasteiger partial charge is 0.224 e.